The molecular formula is C57H84F18O12. The summed E-state index contributed by atoms with van der Waals surface area (Å²) in [6, 6.07) is 0. The highest BCUT2D eigenvalue weighted by atomic mass is 19.4. The maximum Gasteiger partial charge on any atom is 0.426 e. The molecule has 0 aromatic carbocycles. The minimum atomic E-state index is -5.78. The molecule has 0 spiro atoms. The smallest absolute Gasteiger partial charge is 0.426 e. The van der Waals surface area contributed by atoms with Crippen LogP contribution in [0.5, 0.6) is 0 Å². The summed E-state index contributed by atoms with van der Waals surface area (Å²) in [5, 5.41) is 27.1. The van der Waals surface area contributed by atoms with Crippen molar-refractivity contribution in [1.29, 1.82) is 0 Å². The van der Waals surface area contributed by atoms with Crippen molar-refractivity contribution in [1.82, 2.24) is 0 Å². The zero-order valence-electron chi connectivity index (χ0n) is 49.8. The normalized spacial score (nSPS) is 24.5. The summed E-state index contributed by atoms with van der Waals surface area (Å²) in [6.07, 6.45) is -27.3. The molecule has 87 heavy (non-hydrogen) atoms. The number of fused-ring (bicyclic) bond motifs is 6. The molecule has 6 saturated carbocycles. The van der Waals surface area contributed by atoms with Crippen LogP contribution in [0.4, 0.5) is 79.0 Å². The fraction of sp³-hybridized carbons (Fsp3) is 0.842. The average Bonchev–Trinajstić information content (AvgIpc) is 1.98. The van der Waals surface area contributed by atoms with Crippen molar-refractivity contribution < 1.29 is 137 Å². The van der Waals surface area contributed by atoms with Gasteiger partial charge in [0, 0.05) is 36.4 Å². The molecule has 10 atom stereocenters. The predicted molar refractivity (Wildman–Crippen MR) is 279 cm³/mol. The van der Waals surface area contributed by atoms with E-state index in [4.69, 9.17) is 29.5 Å². The SMILES string of the molecule is C=C(C)C(=O)OC.C=C(C)C(=O)OC.C=C(C)C(=O)OC.CC(CC(O)(C(F)(F)F)C(F)(F)F)OC1CC2CCC1C2.OC(CCCCCCOC1CC2CCC1C2)(C(F)(F)F)C(F)(F)F.OC(CCCOC1CC2CCC1C2)(C(F)(F)F)C(F)(F)F. The van der Waals surface area contributed by atoms with Gasteiger partial charge in [-0.1, -0.05) is 32.6 Å². The van der Waals surface area contributed by atoms with Gasteiger partial charge in [-0.25, -0.2) is 14.4 Å². The zero-order chi connectivity index (χ0) is 67.5. The quantitative estimate of drug-likeness (QED) is 0.0348. The van der Waals surface area contributed by atoms with Gasteiger partial charge in [-0.05, 0) is 172 Å². The summed E-state index contributed by atoms with van der Waals surface area (Å²) in [4.78, 5) is 30.6. The van der Waals surface area contributed by atoms with Crippen molar-refractivity contribution in [3.05, 3.63) is 36.5 Å². The molecule has 0 saturated heterocycles. The van der Waals surface area contributed by atoms with E-state index in [1.54, 1.807) is 20.8 Å². The summed E-state index contributed by atoms with van der Waals surface area (Å²) < 4.78 is 255. The van der Waals surface area contributed by atoms with Gasteiger partial charge in [0.25, 0.3) is 16.8 Å². The molecule has 6 fully saturated rings. The molecule has 6 bridgehead atoms. The van der Waals surface area contributed by atoms with E-state index in [0.29, 0.717) is 66.3 Å². The monoisotopic (exact) mass is 1300 g/mol. The highest BCUT2D eigenvalue weighted by molar-refractivity contribution is 5.87. The van der Waals surface area contributed by atoms with Crippen LogP contribution in [-0.2, 0) is 42.8 Å². The third kappa shape index (κ3) is 24.4. The first-order valence-electron chi connectivity index (χ1n) is 28.2. The minimum Gasteiger partial charge on any atom is -0.466 e. The summed E-state index contributed by atoms with van der Waals surface area (Å²) in [6.45, 7) is 16.3. The van der Waals surface area contributed by atoms with E-state index < -0.39 is 85.6 Å². The second kappa shape index (κ2) is 34.0. The first-order chi connectivity index (χ1) is 39.6. The van der Waals surface area contributed by atoms with Crippen LogP contribution in [0, 0.1) is 35.5 Å². The van der Waals surface area contributed by atoms with E-state index in [1.807, 2.05) is 0 Å². The van der Waals surface area contributed by atoms with Crippen LogP contribution in [-0.4, -0.2) is 146 Å². The van der Waals surface area contributed by atoms with E-state index in [0.717, 1.165) is 64.2 Å². The third-order valence-corrected chi connectivity index (χ3v) is 16.2. The van der Waals surface area contributed by atoms with Crippen molar-refractivity contribution in [2.24, 2.45) is 35.5 Å². The number of halogens is 18. The molecule has 3 N–H and O–H groups in total. The summed E-state index contributed by atoms with van der Waals surface area (Å²) in [5.41, 5.74) is -12.7. The molecule has 0 aromatic heterocycles. The number of hydrogen-bond donors (Lipinski definition) is 3. The van der Waals surface area contributed by atoms with Crippen LogP contribution < -0.4 is 0 Å². The molecule has 12 nitrogen and oxygen atoms in total. The lowest BCUT2D eigenvalue weighted by atomic mass is 9.94. The number of carbonyl (C=O) groups is 3. The number of carbonyl (C=O) groups excluding carboxylic acids is 3. The van der Waals surface area contributed by atoms with Gasteiger partial charge in [0.1, 0.15) is 0 Å². The highest BCUT2D eigenvalue weighted by Crippen LogP contribution is 2.52. The molecule has 10 unspecified atom stereocenters. The number of hydrogen-bond acceptors (Lipinski definition) is 12. The van der Waals surface area contributed by atoms with Crippen LogP contribution >= 0.6 is 0 Å². The Balaban J connectivity index is 0.000000560. The average molecular weight is 1300 g/mol. The molecule has 6 rings (SSSR count). The Bertz CT molecular complexity index is 2050. The Kier molecular flexibility index (Phi) is 31.7. The first-order valence-corrected chi connectivity index (χ1v) is 28.2. The standard InChI is InChI=1S/C16H24F6O2.2C13H18F6O2.3C5H8O2/c17-15(18,19)14(23,16(20,21)22)7-3-1-2-4-8-24-13-10-11-5-6-12(13)9-11;1-7(21-10-5-8-2-3-9(10)4-8)6-11(20,12(14,15)16)13(17,18)19;14-12(15,16)11(20,13(17,18)19)4-1-5-21-10-7-8-2-3-9(10)6-8;3*1-4(2)5(6)7-3/h11-13,23H,1-10H2;7-10,20H,2-6H2,1H3;8-10,20H,1-7H2;3*1H2,2-3H3. The van der Waals surface area contributed by atoms with Gasteiger partial charge in [-0.3, -0.25) is 0 Å². The zero-order valence-corrected chi connectivity index (χ0v) is 49.8. The maximum absolute atomic E-state index is 12.6. The van der Waals surface area contributed by atoms with Crippen LogP contribution in [0.25, 0.3) is 0 Å². The molecular weight excluding hydrogens is 1220 g/mol. The minimum absolute atomic E-state index is 0.0476. The van der Waals surface area contributed by atoms with Crippen LogP contribution in [0.3, 0.4) is 0 Å². The molecule has 6 aliphatic rings. The fourth-order valence-corrected chi connectivity index (χ4v) is 11.3. The van der Waals surface area contributed by atoms with Crippen molar-refractivity contribution in [2.45, 2.75) is 234 Å². The van der Waals surface area contributed by atoms with Gasteiger partial charge in [0.05, 0.1) is 45.7 Å². The lowest BCUT2D eigenvalue weighted by Crippen LogP contribution is -2.58. The molecule has 0 radical (unpaired) electrons. The van der Waals surface area contributed by atoms with Crippen LogP contribution in [0.15, 0.2) is 36.5 Å². The molecule has 30 heteroatoms. The van der Waals surface area contributed by atoms with E-state index in [1.165, 1.54) is 40.6 Å². The Morgan fingerprint density at radius 2 is 0.690 bits per heavy atom. The van der Waals surface area contributed by atoms with Gasteiger partial charge in [-0.2, -0.15) is 79.0 Å². The van der Waals surface area contributed by atoms with Gasteiger partial charge < -0.3 is 43.7 Å². The Morgan fingerprint density at radius 1 is 0.414 bits per heavy atom. The number of alkyl halides is 18. The Hall–Kier alpha value is -3.87. The number of esters is 3. The van der Waals surface area contributed by atoms with E-state index in [9.17, 15) is 93.4 Å². The second-order valence-corrected chi connectivity index (χ2v) is 23.2. The number of ether oxygens (including phenoxy) is 6. The number of methoxy groups -OCH3 is 3. The van der Waals surface area contributed by atoms with Gasteiger partial charge in [0.2, 0.25) is 0 Å². The maximum atomic E-state index is 12.6. The number of rotatable bonds is 20. The van der Waals surface area contributed by atoms with E-state index in [-0.39, 0.29) is 61.6 Å². The molecule has 510 valence electrons. The lowest BCUT2D eigenvalue weighted by molar-refractivity contribution is -0.375. The first kappa shape index (κ1) is 81.1. The fourth-order valence-electron chi connectivity index (χ4n) is 11.3. The lowest BCUT2D eigenvalue weighted by Gasteiger charge is -2.35. The predicted octanol–water partition coefficient (Wildman–Crippen LogP) is 14.9. The van der Waals surface area contributed by atoms with Crippen molar-refractivity contribution in [3.63, 3.8) is 0 Å². The highest BCUT2D eigenvalue weighted by Gasteiger charge is 2.72. The van der Waals surface area contributed by atoms with Gasteiger partial charge in [0.15, 0.2) is 0 Å². The number of unbranched alkanes of at least 4 members (excludes halogenated alkanes) is 3. The summed E-state index contributed by atoms with van der Waals surface area (Å²) in [7, 11) is 3.99. The largest absolute Gasteiger partial charge is 0.466 e. The van der Waals surface area contributed by atoms with Crippen molar-refractivity contribution >= 4 is 17.9 Å². The molecule has 6 aliphatic carbocycles. The molecule has 0 heterocycles. The second-order valence-electron chi connectivity index (χ2n) is 23.2. The van der Waals surface area contributed by atoms with Crippen molar-refractivity contribution in [3.8, 4) is 0 Å². The Labute approximate surface area is 495 Å². The van der Waals surface area contributed by atoms with Crippen LogP contribution in [0.2, 0.25) is 0 Å². The topological polar surface area (TPSA) is 167 Å². The van der Waals surface area contributed by atoms with E-state index >= 15 is 0 Å². The van der Waals surface area contributed by atoms with Gasteiger partial charge in [-0.15, -0.1) is 0 Å². The van der Waals surface area contributed by atoms with Crippen LogP contribution in [0.1, 0.15) is 156 Å². The Morgan fingerprint density at radius 3 is 0.931 bits per heavy atom. The number of aliphatic hydroxyl groups is 3. The molecule has 0 amide bonds. The van der Waals surface area contributed by atoms with E-state index in [2.05, 4.69) is 33.9 Å². The van der Waals surface area contributed by atoms with Crippen molar-refractivity contribution in [2.75, 3.05) is 34.5 Å². The summed E-state index contributed by atoms with van der Waals surface area (Å²) in [5.74, 6) is 2.02. The van der Waals surface area contributed by atoms with Gasteiger partial charge >= 0.3 is 55.0 Å². The molecule has 0 aliphatic heterocycles. The third-order valence-electron chi connectivity index (χ3n) is 16.2. The molecule has 0 aromatic rings. The summed E-state index contributed by atoms with van der Waals surface area (Å²) >= 11 is 0.